The predicted molar refractivity (Wildman–Crippen MR) is 69.0 cm³/mol. The van der Waals surface area contributed by atoms with Crippen LogP contribution < -0.4 is 16.4 Å². The molecule has 3 rings (SSSR count). The number of nitrogens with zero attached hydrogens (tertiary/aromatic N) is 3. The van der Waals surface area contributed by atoms with Gasteiger partial charge in [0.2, 0.25) is 0 Å². The van der Waals surface area contributed by atoms with Crippen molar-refractivity contribution in [3.63, 3.8) is 0 Å². The minimum absolute atomic E-state index is 0.220. The molecule has 0 amide bonds. The second-order valence-electron chi connectivity index (χ2n) is 4.64. The number of nitrogens with one attached hydrogen (secondary N) is 2. The molecule has 1 aromatic rings. The summed E-state index contributed by atoms with van der Waals surface area (Å²) in [6, 6.07) is 0.220. The molecule has 6 nitrogen and oxygen atoms in total. The van der Waals surface area contributed by atoms with Gasteiger partial charge in [0.05, 0.1) is 35.9 Å². The second-order valence-corrected chi connectivity index (χ2v) is 4.64. The summed E-state index contributed by atoms with van der Waals surface area (Å²) < 4.78 is 0. The van der Waals surface area contributed by atoms with Gasteiger partial charge >= 0.3 is 0 Å². The fourth-order valence-corrected chi connectivity index (χ4v) is 2.46. The highest BCUT2D eigenvalue weighted by atomic mass is 15.2. The summed E-state index contributed by atoms with van der Waals surface area (Å²) in [6.07, 6.45) is 4.97. The molecule has 0 radical (unpaired) electrons. The Morgan fingerprint density at radius 2 is 2.44 bits per heavy atom. The lowest BCUT2D eigenvalue weighted by molar-refractivity contribution is 0.498. The molecule has 96 valence electrons. The van der Waals surface area contributed by atoms with Gasteiger partial charge in [0.15, 0.2) is 5.96 Å². The predicted octanol–water partition coefficient (Wildman–Crippen LogP) is -0.139. The van der Waals surface area contributed by atoms with Gasteiger partial charge in [-0.25, -0.2) is 0 Å². The summed E-state index contributed by atoms with van der Waals surface area (Å²) in [5, 5.41) is 6.64. The molecule has 0 saturated heterocycles. The Morgan fingerprint density at radius 3 is 3.22 bits per heavy atom. The highest BCUT2D eigenvalue weighted by Crippen LogP contribution is 2.26. The first-order valence-electron chi connectivity index (χ1n) is 6.46. The van der Waals surface area contributed by atoms with Gasteiger partial charge in [-0.15, -0.1) is 0 Å². The average Bonchev–Trinajstić information content (AvgIpc) is 2.91. The maximum atomic E-state index is 5.60. The average molecular weight is 246 g/mol. The topological polar surface area (TPSA) is 88.2 Å². The molecule has 0 spiro atoms. The molecule has 2 aliphatic rings. The lowest BCUT2D eigenvalue weighted by atomic mass is 9.95. The van der Waals surface area contributed by atoms with Crippen LogP contribution >= 0.6 is 0 Å². The molecule has 1 aromatic heterocycles. The molecule has 0 saturated carbocycles. The Morgan fingerprint density at radius 1 is 1.50 bits per heavy atom. The van der Waals surface area contributed by atoms with Crippen LogP contribution in [0.4, 0.5) is 0 Å². The van der Waals surface area contributed by atoms with Crippen LogP contribution in [0.1, 0.15) is 36.0 Å². The van der Waals surface area contributed by atoms with Crippen molar-refractivity contribution in [3.05, 3.63) is 23.3 Å². The standard InChI is InChI=1S/C12H18N6/c13-6-8-7-16-11-9(17-8)2-1-3-10(11)18-12-14-4-5-15-12/h7,10H,1-6,13H2,(H2,14,15,18). The van der Waals surface area contributed by atoms with E-state index in [1.165, 1.54) is 0 Å². The van der Waals surface area contributed by atoms with Crippen LogP contribution in [0.25, 0.3) is 0 Å². The number of guanidine groups is 1. The summed E-state index contributed by atoms with van der Waals surface area (Å²) in [6.45, 7) is 2.21. The zero-order valence-corrected chi connectivity index (χ0v) is 10.3. The van der Waals surface area contributed by atoms with Crippen LogP contribution in [0, 0.1) is 0 Å². The molecule has 6 heteroatoms. The highest BCUT2D eigenvalue weighted by molar-refractivity contribution is 5.81. The van der Waals surface area contributed by atoms with Crippen molar-refractivity contribution in [3.8, 4) is 0 Å². The quantitative estimate of drug-likeness (QED) is 0.676. The van der Waals surface area contributed by atoms with Crippen molar-refractivity contribution >= 4 is 5.96 Å². The van der Waals surface area contributed by atoms with Gasteiger partial charge in [0, 0.05) is 13.1 Å². The third-order valence-electron chi connectivity index (χ3n) is 3.36. The summed E-state index contributed by atoms with van der Waals surface area (Å²) in [7, 11) is 0. The van der Waals surface area contributed by atoms with E-state index < -0.39 is 0 Å². The Bertz CT molecular complexity index is 470. The van der Waals surface area contributed by atoms with Gasteiger partial charge in [0.1, 0.15) is 0 Å². The minimum atomic E-state index is 0.220. The third kappa shape index (κ3) is 2.15. The number of rotatable bonds is 2. The van der Waals surface area contributed by atoms with Crippen LogP contribution in [0.15, 0.2) is 11.2 Å². The van der Waals surface area contributed by atoms with E-state index in [9.17, 15) is 0 Å². The largest absolute Gasteiger partial charge is 0.355 e. The van der Waals surface area contributed by atoms with E-state index in [1.807, 2.05) is 0 Å². The Hall–Kier alpha value is -1.69. The first kappa shape index (κ1) is 11.4. The molecule has 0 fully saturated rings. The van der Waals surface area contributed by atoms with Crippen molar-refractivity contribution in [2.75, 3.05) is 13.1 Å². The van der Waals surface area contributed by atoms with Crippen LogP contribution in [0.5, 0.6) is 0 Å². The molecule has 1 aliphatic heterocycles. The maximum absolute atomic E-state index is 5.60. The summed E-state index contributed by atoms with van der Waals surface area (Å²) in [5.41, 5.74) is 8.60. The lowest BCUT2D eigenvalue weighted by Crippen LogP contribution is -2.38. The molecule has 1 aliphatic carbocycles. The third-order valence-corrected chi connectivity index (χ3v) is 3.36. The first-order valence-corrected chi connectivity index (χ1v) is 6.46. The van der Waals surface area contributed by atoms with Crippen molar-refractivity contribution in [2.45, 2.75) is 31.8 Å². The second kappa shape index (κ2) is 4.89. The number of nitrogens with two attached hydrogens (primary N) is 1. The number of hydrogen-bond acceptors (Lipinski definition) is 6. The number of aliphatic imine (C=N–C) groups is 1. The molecule has 1 unspecified atom stereocenters. The van der Waals surface area contributed by atoms with Gasteiger partial charge in [0.25, 0.3) is 0 Å². The van der Waals surface area contributed by atoms with E-state index >= 15 is 0 Å². The van der Waals surface area contributed by atoms with E-state index in [2.05, 4.69) is 25.6 Å². The van der Waals surface area contributed by atoms with E-state index in [0.29, 0.717) is 6.54 Å². The van der Waals surface area contributed by atoms with Crippen LogP contribution in [0.3, 0.4) is 0 Å². The van der Waals surface area contributed by atoms with Gasteiger partial charge in [-0.2, -0.15) is 0 Å². The summed E-state index contributed by atoms with van der Waals surface area (Å²) in [5.74, 6) is 0.887. The number of aryl methyl sites for hydroxylation is 1. The van der Waals surface area contributed by atoms with Gasteiger partial charge in [-0.05, 0) is 19.3 Å². The van der Waals surface area contributed by atoms with Crippen LogP contribution in [-0.4, -0.2) is 29.0 Å². The SMILES string of the molecule is NCc1cnc2c(n1)CCCC2NC1=NCCN1. The zero-order valence-electron chi connectivity index (χ0n) is 10.3. The Balaban J connectivity index is 1.82. The number of fused-ring (bicyclic) bond motifs is 1. The van der Waals surface area contributed by atoms with E-state index in [1.54, 1.807) is 6.20 Å². The Kier molecular flexibility index (Phi) is 3.10. The highest BCUT2D eigenvalue weighted by Gasteiger charge is 2.24. The molecule has 18 heavy (non-hydrogen) atoms. The number of hydrogen-bond donors (Lipinski definition) is 3. The van der Waals surface area contributed by atoms with E-state index in [4.69, 9.17) is 5.73 Å². The summed E-state index contributed by atoms with van der Waals surface area (Å²) in [4.78, 5) is 13.5. The first-order chi connectivity index (χ1) is 8.86. The molecular formula is C12H18N6. The molecular weight excluding hydrogens is 228 g/mol. The normalized spacial score (nSPS) is 22.1. The van der Waals surface area contributed by atoms with Gasteiger partial charge in [-0.1, -0.05) is 0 Å². The van der Waals surface area contributed by atoms with Crippen LogP contribution in [0.2, 0.25) is 0 Å². The molecule has 1 atom stereocenters. The summed E-state index contributed by atoms with van der Waals surface area (Å²) >= 11 is 0. The smallest absolute Gasteiger partial charge is 0.191 e. The van der Waals surface area contributed by atoms with Crippen molar-refractivity contribution in [2.24, 2.45) is 10.7 Å². The minimum Gasteiger partial charge on any atom is -0.355 e. The molecule has 0 aromatic carbocycles. The lowest BCUT2D eigenvalue weighted by Gasteiger charge is -2.25. The van der Waals surface area contributed by atoms with Gasteiger partial charge < -0.3 is 16.4 Å². The fourth-order valence-electron chi connectivity index (χ4n) is 2.46. The van der Waals surface area contributed by atoms with Crippen molar-refractivity contribution in [1.82, 2.24) is 20.6 Å². The molecule has 0 bridgehead atoms. The molecule has 4 N–H and O–H groups in total. The maximum Gasteiger partial charge on any atom is 0.191 e. The van der Waals surface area contributed by atoms with E-state index in [-0.39, 0.29) is 6.04 Å². The monoisotopic (exact) mass is 246 g/mol. The number of aromatic nitrogens is 2. The van der Waals surface area contributed by atoms with E-state index in [0.717, 1.165) is 55.4 Å². The van der Waals surface area contributed by atoms with Crippen molar-refractivity contribution < 1.29 is 0 Å². The van der Waals surface area contributed by atoms with Crippen LogP contribution in [-0.2, 0) is 13.0 Å². The fraction of sp³-hybridized carbons (Fsp3) is 0.583. The Labute approximate surface area is 106 Å². The van der Waals surface area contributed by atoms with Gasteiger partial charge in [-0.3, -0.25) is 15.0 Å². The van der Waals surface area contributed by atoms with Crippen molar-refractivity contribution in [1.29, 1.82) is 0 Å². The molecule has 2 heterocycles. The zero-order chi connectivity index (χ0) is 12.4.